The van der Waals surface area contributed by atoms with Gasteiger partial charge in [0, 0.05) is 18.6 Å². The molecule has 0 aromatic rings. The number of nitrogens with zero attached hydrogens (tertiary/aromatic N) is 2. The maximum Gasteiger partial charge on any atom is 0.153 e. The third kappa shape index (κ3) is 4.72. The van der Waals surface area contributed by atoms with Crippen LogP contribution in [0, 0.1) is 11.3 Å². The molecule has 0 radical (unpaired) electrons. The van der Waals surface area contributed by atoms with Crippen molar-refractivity contribution in [3.05, 3.63) is 0 Å². The highest BCUT2D eigenvalue weighted by molar-refractivity contribution is 7.91. The fraction of sp³-hybridized carbons (Fsp3) is 0.929. The smallest absolute Gasteiger partial charge is 0.153 e. The van der Waals surface area contributed by atoms with Gasteiger partial charge in [-0.25, -0.2) is 8.42 Å². The van der Waals surface area contributed by atoms with Crippen LogP contribution in [0.2, 0.25) is 0 Å². The van der Waals surface area contributed by atoms with Crippen LogP contribution < -0.4 is 5.32 Å². The van der Waals surface area contributed by atoms with Crippen molar-refractivity contribution in [1.29, 1.82) is 5.26 Å². The summed E-state index contributed by atoms with van der Waals surface area (Å²) < 4.78 is 23.2. The Balaban J connectivity index is 2.66. The minimum Gasteiger partial charge on any atom is -0.300 e. The molecule has 0 amide bonds. The summed E-state index contributed by atoms with van der Waals surface area (Å²) >= 11 is 0. The Morgan fingerprint density at radius 1 is 1.55 bits per heavy atom. The number of rotatable bonds is 6. The van der Waals surface area contributed by atoms with Crippen molar-refractivity contribution in [3.63, 3.8) is 0 Å². The molecule has 3 atom stereocenters. The molecule has 3 unspecified atom stereocenters. The molecule has 1 N–H and O–H groups in total. The van der Waals surface area contributed by atoms with E-state index in [4.69, 9.17) is 0 Å². The topological polar surface area (TPSA) is 73.2 Å². The summed E-state index contributed by atoms with van der Waals surface area (Å²) in [6.45, 7) is 9.42. The highest BCUT2D eigenvalue weighted by Gasteiger charge is 2.34. The molecule has 20 heavy (non-hydrogen) atoms. The van der Waals surface area contributed by atoms with Crippen molar-refractivity contribution in [2.24, 2.45) is 0 Å². The maximum absolute atomic E-state index is 11.6. The van der Waals surface area contributed by atoms with E-state index in [1.807, 2.05) is 13.8 Å². The zero-order valence-corrected chi connectivity index (χ0v) is 13.8. The van der Waals surface area contributed by atoms with Crippen LogP contribution in [0.25, 0.3) is 0 Å². The summed E-state index contributed by atoms with van der Waals surface area (Å²) in [4.78, 5) is 2.21. The lowest BCUT2D eigenvalue weighted by molar-refractivity contribution is 0.143. The average molecular weight is 301 g/mol. The number of hydrogen-bond donors (Lipinski definition) is 1. The lowest BCUT2D eigenvalue weighted by atomic mass is 9.93. The van der Waals surface area contributed by atoms with E-state index in [1.54, 1.807) is 0 Å². The maximum atomic E-state index is 11.6. The molecule has 0 aliphatic carbocycles. The van der Waals surface area contributed by atoms with Gasteiger partial charge in [-0.1, -0.05) is 6.92 Å². The van der Waals surface area contributed by atoms with Gasteiger partial charge in [-0.2, -0.15) is 5.26 Å². The van der Waals surface area contributed by atoms with Gasteiger partial charge in [0.25, 0.3) is 0 Å². The number of nitriles is 1. The molecular formula is C14H27N3O2S. The minimum atomic E-state index is -2.88. The normalized spacial score (nSPS) is 27.4. The van der Waals surface area contributed by atoms with E-state index in [-0.39, 0.29) is 23.6 Å². The highest BCUT2D eigenvalue weighted by Crippen LogP contribution is 2.21. The monoisotopic (exact) mass is 301 g/mol. The van der Waals surface area contributed by atoms with Crippen molar-refractivity contribution in [3.8, 4) is 6.07 Å². The fourth-order valence-electron chi connectivity index (χ4n) is 2.93. The van der Waals surface area contributed by atoms with Gasteiger partial charge < -0.3 is 0 Å². The summed E-state index contributed by atoms with van der Waals surface area (Å²) in [5.74, 6) is 0.455. The molecule has 0 bridgehead atoms. The lowest BCUT2D eigenvalue weighted by Crippen LogP contribution is -2.54. The Morgan fingerprint density at radius 3 is 2.70 bits per heavy atom. The second kappa shape index (κ2) is 6.88. The zero-order valence-electron chi connectivity index (χ0n) is 13.0. The van der Waals surface area contributed by atoms with Crippen LogP contribution in [0.4, 0.5) is 0 Å². The van der Waals surface area contributed by atoms with Gasteiger partial charge >= 0.3 is 0 Å². The van der Waals surface area contributed by atoms with Gasteiger partial charge in [-0.15, -0.1) is 0 Å². The number of hydrogen-bond acceptors (Lipinski definition) is 5. The molecular weight excluding hydrogens is 274 g/mol. The first-order valence-electron chi connectivity index (χ1n) is 7.35. The Morgan fingerprint density at radius 2 is 2.20 bits per heavy atom. The number of nitrogens with one attached hydrogen (secondary N) is 1. The zero-order chi connectivity index (χ0) is 15.4. The summed E-state index contributed by atoms with van der Waals surface area (Å²) in [7, 11) is -2.88. The van der Waals surface area contributed by atoms with Crippen molar-refractivity contribution >= 4 is 9.84 Å². The van der Waals surface area contributed by atoms with Crippen LogP contribution in [0.15, 0.2) is 0 Å². The first-order valence-corrected chi connectivity index (χ1v) is 9.17. The third-order valence-corrected chi connectivity index (χ3v) is 5.80. The summed E-state index contributed by atoms with van der Waals surface area (Å²) in [6.07, 6.45) is 1.69. The predicted octanol–water partition coefficient (Wildman–Crippen LogP) is 1.17. The Hall–Kier alpha value is -0.640. The number of sulfone groups is 1. The first kappa shape index (κ1) is 17.4. The molecule has 1 saturated heterocycles. The Labute approximate surface area is 123 Å². The van der Waals surface area contributed by atoms with Crippen LogP contribution in [-0.2, 0) is 9.84 Å². The minimum absolute atomic E-state index is 0.0258. The van der Waals surface area contributed by atoms with E-state index < -0.39 is 15.4 Å². The van der Waals surface area contributed by atoms with E-state index >= 15 is 0 Å². The van der Waals surface area contributed by atoms with E-state index in [1.165, 1.54) is 0 Å². The lowest BCUT2D eigenvalue weighted by Gasteiger charge is -2.40. The Kier molecular flexibility index (Phi) is 5.99. The fourth-order valence-corrected chi connectivity index (χ4v) is 4.51. The van der Waals surface area contributed by atoms with Gasteiger partial charge in [0.15, 0.2) is 9.84 Å². The summed E-state index contributed by atoms with van der Waals surface area (Å²) in [5, 5.41) is 12.7. The molecule has 6 heteroatoms. The van der Waals surface area contributed by atoms with Crippen molar-refractivity contribution in [2.75, 3.05) is 24.6 Å². The molecule has 0 spiro atoms. The molecule has 116 valence electrons. The second-order valence-electron chi connectivity index (χ2n) is 6.13. The van der Waals surface area contributed by atoms with Crippen LogP contribution in [0.3, 0.4) is 0 Å². The predicted molar refractivity (Wildman–Crippen MR) is 81.2 cm³/mol. The molecule has 1 heterocycles. The largest absolute Gasteiger partial charge is 0.300 e. The van der Waals surface area contributed by atoms with Gasteiger partial charge in [0.2, 0.25) is 0 Å². The van der Waals surface area contributed by atoms with E-state index in [0.717, 1.165) is 13.0 Å². The van der Waals surface area contributed by atoms with Gasteiger partial charge in [-0.3, -0.25) is 10.2 Å². The van der Waals surface area contributed by atoms with Crippen molar-refractivity contribution < 1.29 is 8.42 Å². The van der Waals surface area contributed by atoms with E-state index in [2.05, 4.69) is 30.1 Å². The standard InChI is InChI=1S/C14H27N3O2S/c1-5-6-16-14(4,11-15)9-12(2)17-7-8-20(18,19)10-13(17)3/h12-13,16H,5-10H2,1-4H3. The molecule has 1 fully saturated rings. The van der Waals surface area contributed by atoms with Crippen LogP contribution >= 0.6 is 0 Å². The highest BCUT2D eigenvalue weighted by atomic mass is 32.2. The third-order valence-electron chi connectivity index (χ3n) is 4.00. The molecule has 1 rings (SSSR count). The average Bonchev–Trinajstić information content (AvgIpc) is 2.35. The van der Waals surface area contributed by atoms with Gasteiger partial charge in [0.1, 0.15) is 5.54 Å². The van der Waals surface area contributed by atoms with Crippen molar-refractivity contribution in [2.45, 2.75) is 58.2 Å². The molecule has 1 aliphatic heterocycles. The van der Waals surface area contributed by atoms with Gasteiger partial charge in [0.05, 0.1) is 17.6 Å². The quantitative estimate of drug-likeness (QED) is 0.797. The molecule has 1 aliphatic rings. The SMILES string of the molecule is CCCNC(C)(C#N)CC(C)N1CCS(=O)(=O)CC1C. The van der Waals surface area contributed by atoms with Gasteiger partial charge in [-0.05, 0) is 40.2 Å². The second-order valence-corrected chi connectivity index (χ2v) is 8.35. The van der Waals surface area contributed by atoms with E-state index in [9.17, 15) is 13.7 Å². The molecule has 0 saturated carbocycles. The van der Waals surface area contributed by atoms with E-state index in [0.29, 0.717) is 13.0 Å². The molecule has 5 nitrogen and oxygen atoms in total. The molecule has 0 aromatic carbocycles. The van der Waals surface area contributed by atoms with Crippen LogP contribution in [-0.4, -0.2) is 55.5 Å². The summed E-state index contributed by atoms with van der Waals surface area (Å²) in [5.41, 5.74) is -0.550. The van der Waals surface area contributed by atoms with Crippen LogP contribution in [0.5, 0.6) is 0 Å². The van der Waals surface area contributed by atoms with Crippen LogP contribution in [0.1, 0.15) is 40.5 Å². The Bertz CT molecular complexity index is 458. The summed E-state index contributed by atoms with van der Waals surface area (Å²) in [6, 6.07) is 2.57. The first-order chi connectivity index (χ1) is 9.23. The van der Waals surface area contributed by atoms with Crippen molar-refractivity contribution in [1.82, 2.24) is 10.2 Å². The molecule has 0 aromatic heterocycles.